The molecular weight excluding hydrogens is 278 g/mol. The highest BCUT2D eigenvalue weighted by atomic mass is 16.4. The average Bonchev–Trinajstić information content (AvgIpc) is 2.70. The van der Waals surface area contributed by atoms with Gasteiger partial charge in [0.05, 0.1) is 12.1 Å². The summed E-state index contributed by atoms with van der Waals surface area (Å²) in [7, 11) is 0. The van der Waals surface area contributed by atoms with Crippen LogP contribution in [0.4, 0.5) is 4.79 Å². The number of likely N-dealkylation sites (tertiary alicyclic amines) is 1. The summed E-state index contributed by atoms with van der Waals surface area (Å²) < 4.78 is 0. The van der Waals surface area contributed by atoms with Gasteiger partial charge >= 0.3 is 6.09 Å². The highest BCUT2D eigenvalue weighted by Crippen LogP contribution is 2.25. The predicted molar refractivity (Wildman–Crippen MR) is 71.5 cm³/mol. The lowest BCUT2D eigenvalue weighted by molar-refractivity contribution is -0.135. The molecule has 8 nitrogen and oxygen atoms in total. The molecule has 0 aromatic carbocycles. The molecule has 3 N–H and O–H groups in total. The van der Waals surface area contributed by atoms with Gasteiger partial charge in [0.2, 0.25) is 11.8 Å². The van der Waals surface area contributed by atoms with Crippen molar-refractivity contribution in [2.75, 3.05) is 6.54 Å². The third-order valence-corrected chi connectivity index (χ3v) is 3.96. The summed E-state index contributed by atoms with van der Waals surface area (Å²) in [5.74, 6) is -0.462. The van der Waals surface area contributed by atoms with Crippen molar-refractivity contribution in [1.29, 1.82) is 0 Å². The Hall–Kier alpha value is -2.12. The molecule has 116 valence electrons. The molecule has 1 aliphatic carbocycles. The molecule has 3 amide bonds. The molecule has 1 saturated heterocycles. The van der Waals surface area contributed by atoms with Crippen molar-refractivity contribution < 1.29 is 24.3 Å². The van der Waals surface area contributed by atoms with Gasteiger partial charge in [0, 0.05) is 26.3 Å². The molecule has 1 aliphatic heterocycles. The minimum atomic E-state index is -1.23. The molecule has 8 heteroatoms. The van der Waals surface area contributed by atoms with E-state index in [4.69, 9.17) is 5.11 Å². The fourth-order valence-corrected chi connectivity index (χ4v) is 3.09. The van der Waals surface area contributed by atoms with Crippen LogP contribution in [0, 0.1) is 0 Å². The Labute approximate surface area is 121 Å². The molecule has 1 unspecified atom stereocenters. The molecular formula is C13H19N3O5. The van der Waals surface area contributed by atoms with E-state index < -0.39 is 18.2 Å². The Kier molecular flexibility index (Phi) is 4.44. The fourth-order valence-electron chi connectivity index (χ4n) is 3.09. The van der Waals surface area contributed by atoms with Crippen LogP contribution < -0.4 is 10.6 Å². The third kappa shape index (κ3) is 3.50. The second-order valence-electron chi connectivity index (χ2n) is 5.48. The van der Waals surface area contributed by atoms with Crippen LogP contribution in [-0.2, 0) is 14.4 Å². The van der Waals surface area contributed by atoms with Crippen molar-refractivity contribution >= 4 is 23.7 Å². The zero-order valence-electron chi connectivity index (χ0n) is 11.8. The maximum Gasteiger partial charge on any atom is 0.405 e. The SMILES string of the molecule is CC(=O)N[C@H]1CC(=O)CC[C@@H]1N1CCC(NC(=O)O)C1=O. The van der Waals surface area contributed by atoms with Gasteiger partial charge in [-0.3, -0.25) is 14.4 Å². The highest BCUT2D eigenvalue weighted by Gasteiger charge is 2.42. The minimum Gasteiger partial charge on any atom is -0.465 e. The van der Waals surface area contributed by atoms with E-state index >= 15 is 0 Å². The first kappa shape index (κ1) is 15.3. The van der Waals surface area contributed by atoms with Crippen molar-refractivity contribution in [2.45, 2.75) is 50.7 Å². The predicted octanol–water partition coefficient (Wildman–Crippen LogP) is -0.519. The van der Waals surface area contributed by atoms with Gasteiger partial charge in [-0.15, -0.1) is 0 Å². The van der Waals surface area contributed by atoms with Crippen LogP contribution in [0.25, 0.3) is 0 Å². The van der Waals surface area contributed by atoms with Gasteiger partial charge in [0.25, 0.3) is 0 Å². The van der Waals surface area contributed by atoms with Crippen LogP contribution in [0.2, 0.25) is 0 Å². The molecule has 0 aromatic heterocycles. The maximum absolute atomic E-state index is 12.3. The Morgan fingerprint density at radius 1 is 1.24 bits per heavy atom. The summed E-state index contributed by atoms with van der Waals surface area (Å²) in [5, 5.41) is 13.6. The molecule has 0 radical (unpaired) electrons. The Morgan fingerprint density at radius 3 is 2.57 bits per heavy atom. The number of hydrogen-bond donors (Lipinski definition) is 3. The van der Waals surface area contributed by atoms with Crippen LogP contribution in [-0.4, -0.2) is 58.4 Å². The summed E-state index contributed by atoms with van der Waals surface area (Å²) in [5.41, 5.74) is 0. The molecule has 2 fully saturated rings. The lowest BCUT2D eigenvalue weighted by Crippen LogP contribution is -2.56. The molecule has 0 spiro atoms. The van der Waals surface area contributed by atoms with E-state index in [1.165, 1.54) is 6.92 Å². The van der Waals surface area contributed by atoms with Crippen LogP contribution in [0.3, 0.4) is 0 Å². The van der Waals surface area contributed by atoms with E-state index in [0.29, 0.717) is 25.8 Å². The van der Waals surface area contributed by atoms with Crippen molar-refractivity contribution in [3.8, 4) is 0 Å². The number of carbonyl (C=O) groups is 4. The molecule has 3 atom stereocenters. The lowest BCUT2D eigenvalue weighted by Gasteiger charge is -2.37. The first-order valence-corrected chi connectivity index (χ1v) is 6.97. The van der Waals surface area contributed by atoms with Crippen molar-refractivity contribution in [3.05, 3.63) is 0 Å². The quantitative estimate of drug-likeness (QED) is 0.648. The smallest absolute Gasteiger partial charge is 0.405 e. The number of rotatable bonds is 3. The molecule has 21 heavy (non-hydrogen) atoms. The van der Waals surface area contributed by atoms with E-state index in [-0.39, 0.29) is 30.1 Å². The summed E-state index contributed by atoms with van der Waals surface area (Å²) in [6.45, 7) is 1.80. The van der Waals surface area contributed by atoms with E-state index in [1.807, 2.05) is 0 Å². The summed E-state index contributed by atoms with van der Waals surface area (Å²) >= 11 is 0. The second-order valence-corrected chi connectivity index (χ2v) is 5.48. The summed E-state index contributed by atoms with van der Waals surface area (Å²) in [6.07, 6.45) is 0.261. The Balaban J connectivity index is 2.08. The maximum atomic E-state index is 12.3. The van der Waals surface area contributed by atoms with Gasteiger partial charge in [-0.1, -0.05) is 0 Å². The van der Waals surface area contributed by atoms with Crippen LogP contribution >= 0.6 is 0 Å². The standard InChI is InChI=1S/C13H19N3O5/c1-7(17)14-10-6-8(18)2-3-11(10)16-5-4-9(12(16)19)15-13(20)21/h9-11,15H,2-6H2,1H3,(H,14,17)(H,20,21)/t9?,10-,11-/m0/s1. The molecule has 2 aliphatic rings. The normalized spacial score (nSPS) is 29.4. The van der Waals surface area contributed by atoms with Gasteiger partial charge in [-0.2, -0.15) is 0 Å². The molecule has 0 aromatic rings. The lowest BCUT2D eigenvalue weighted by atomic mass is 9.88. The number of Topliss-reactive ketones (excluding diaryl/α,β-unsaturated/α-hetero) is 1. The minimum absolute atomic E-state index is 0.0665. The van der Waals surface area contributed by atoms with Crippen LogP contribution in [0.1, 0.15) is 32.6 Å². The van der Waals surface area contributed by atoms with Gasteiger partial charge in [0.1, 0.15) is 11.8 Å². The number of amides is 3. The van der Waals surface area contributed by atoms with Gasteiger partial charge < -0.3 is 20.6 Å². The van der Waals surface area contributed by atoms with E-state index in [2.05, 4.69) is 10.6 Å². The Morgan fingerprint density at radius 2 is 1.95 bits per heavy atom. The molecule has 0 bridgehead atoms. The first-order valence-electron chi connectivity index (χ1n) is 6.97. The number of hydrogen-bond acceptors (Lipinski definition) is 4. The third-order valence-electron chi connectivity index (χ3n) is 3.96. The number of nitrogens with one attached hydrogen (secondary N) is 2. The average molecular weight is 297 g/mol. The number of nitrogens with zero attached hydrogens (tertiary/aromatic N) is 1. The van der Waals surface area contributed by atoms with Crippen LogP contribution in [0.5, 0.6) is 0 Å². The first-order chi connectivity index (χ1) is 9.88. The van der Waals surface area contributed by atoms with Gasteiger partial charge in [-0.05, 0) is 12.8 Å². The van der Waals surface area contributed by atoms with Crippen LogP contribution in [0.15, 0.2) is 0 Å². The Bertz CT molecular complexity index is 476. The summed E-state index contributed by atoms with van der Waals surface area (Å²) in [4.78, 5) is 47.3. The zero-order valence-corrected chi connectivity index (χ0v) is 11.8. The second kappa shape index (κ2) is 6.11. The van der Waals surface area contributed by atoms with Gasteiger partial charge in [-0.25, -0.2) is 4.79 Å². The highest BCUT2D eigenvalue weighted by molar-refractivity contribution is 5.88. The topological polar surface area (TPSA) is 116 Å². The zero-order chi connectivity index (χ0) is 15.6. The van der Waals surface area contributed by atoms with Crippen molar-refractivity contribution in [1.82, 2.24) is 15.5 Å². The summed E-state index contributed by atoms with van der Waals surface area (Å²) in [6, 6.07) is -1.38. The van der Waals surface area contributed by atoms with E-state index in [1.54, 1.807) is 4.90 Å². The number of carbonyl (C=O) groups excluding carboxylic acids is 3. The van der Waals surface area contributed by atoms with Crippen molar-refractivity contribution in [2.24, 2.45) is 0 Å². The van der Waals surface area contributed by atoms with Gasteiger partial charge in [0.15, 0.2) is 0 Å². The van der Waals surface area contributed by atoms with Crippen molar-refractivity contribution in [3.63, 3.8) is 0 Å². The fraction of sp³-hybridized carbons (Fsp3) is 0.692. The molecule has 1 heterocycles. The molecule has 2 rings (SSSR count). The van der Waals surface area contributed by atoms with E-state index in [0.717, 1.165) is 0 Å². The van der Waals surface area contributed by atoms with E-state index in [9.17, 15) is 19.2 Å². The number of carboxylic acid groups (broad SMARTS) is 1. The monoisotopic (exact) mass is 297 g/mol. The molecule has 1 saturated carbocycles. The number of ketones is 1. The largest absolute Gasteiger partial charge is 0.465 e.